The lowest BCUT2D eigenvalue weighted by atomic mass is 10.1. The molecule has 2 rings (SSSR count). The minimum Gasteiger partial charge on any atom is -0.309 e. The molecule has 0 radical (unpaired) electrons. The molecular formula is C12H22ClN3S. The van der Waals surface area contributed by atoms with Gasteiger partial charge in [-0.25, -0.2) is 4.98 Å². The van der Waals surface area contributed by atoms with Gasteiger partial charge in [-0.2, -0.15) is 0 Å². The first-order valence-electron chi connectivity index (χ1n) is 6.09. The van der Waals surface area contributed by atoms with Crippen LogP contribution in [0.5, 0.6) is 0 Å². The Labute approximate surface area is 114 Å². The quantitative estimate of drug-likeness (QED) is 0.918. The van der Waals surface area contributed by atoms with Crippen molar-refractivity contribution in [2.45, 2.75) is 45.8 Å². The molecule has 0 aliphatic carbocycles. The highest BCUT2D eigenvalue weighted by atomic mass is 35.5. The van der Waals surface area contributed by atoms with Crippen LogP contribution in [-0.2, 0) is 13.0 Å². The Morgan fingerprint density at radius 1 is 1.41 bits per heavy atom. The fourth-order valence-corrected chi connectivity index (χ4v) is 3.12. The Kier molecular flexibility index (Phi) is 5.86. The number of halogens is 1. The van der Waals surface area contributed by atoms with Crippen LogP contribution < -0.4 is 5.32 Å². The number of piperazine rings is 1. The van der Waals surface area contributed by atoms with Crippen molar-refractivity contribution in [3.05, 3.63) is 16.1 Å². The summed E-state index contributed by atoms with van der Waals surface area (Å²) < 4.78 is 0. The maximum Gasteiger partial charge on any atom is 0.0926 e. The fraction of sp³-hybridized carbons (Fsp3) is 0.750. The van der Waals surface area contributed by atoms with Crippen LogP contribution in [0.15, 0.2) is 5.38 Å². The molecule has 1 aromatic rings. The van der Waals surface area contributed by atoms with E-state index in [-0.39, 0.29) is 12.4 Å². The number of rotatable bonds is 3. The van der Waals surface area contributed by atoms with E-state index in [1.807, 2.05) is 0 Å². The molecule has 1 saturated heterocycles. The van der Waals surface area contributed by atoms with E-state index in [1.54, 1.807) is 11.3 Å². The lowest BCUT2D eigenvalue weighted by Crippen LogP contribution is -2.53. The molecule has 98 valence electrons. The average molecular weight is 276 g/mol. The molecule has 1 N–H and O–H groups in total. The molecular weight excluding hydrogens is 254 g/mol. The van der Waals surface area contributed by atoms with Gasteiger partial charge in [-0.1, -0.05) is 6.92 Å². The smallest absolute Gasteiger partial charge is 0.0926 e. The summed E-state index contributed by atoms with van der Waals surface area (Å²) in [6.07, 6.45) is 1.05. The van der Waals surface area contributed by atoms with Crippen LogP contribution in [0.2, 0.25) is 0 Å². The van der Waals surface area contributed by atoms with Crippen LogP contribution in [0.4, 0.5) is 0 Å². The Balaban J connectivity index is 0.00000144. The van der Waals surface area contributed by atoms with Crippen molar-refractivity contribution in [1.29, 1.82) is 0 Å². The lowest BCUT2D eigenvalue weighted by Gasteiger charge is -2.35. The van der Waals surface area contributed by atoms with Gasteiger partial charge < -0.3 is 5.32 Å². The van der Waals surface area contributed by atoms with E-state index >= 15 is 0 Å². The molecule has 1 aliphatic rings. The summed E-state index contributed by atoms with van der Waals surface area (Å²) in [6.45, 7) is 9.93. The van der Waals surface area contributed by atoms with Crippen LogP contribution in [0, 0.1) is 0 Å². The number of nitrogens with zero attached hydrogens (tertiary/aromatic N) is 2. The molecule has 3 nitrogen and oxygen atoms in total. The van der Waals surface area contributed by atoms with Gasteiger partial charge in [-0.05, 0) is 20.3 Å². The van der Waals surface area contributed by atoms with Crippen molar-refractivity contribution >= 4 is 23.7 Å². The average Bonchev–Trinajstić information content (AvgIpc) is 2.64. The normalized spacial score (nSPS) is 25.6. The van der Waals surface area contributed by atoms with E-state index in [0.29, 0.717) is 12.1 Å². The Hall–Kier alpha value is -0.160. The standard InChI is InChI=1S/C12H21N3S.ClH/c1-4-12-14-11(8-16-12)7-15-5-9(2)13-10(3)6-15;/h8-10,13H,4-7H2,1-3H3;1H. The zero-order chi connectivity index (χ0) is 11.5. The van der Waals surface area contributed by atoms with Gasteiger partial charge in [-0.3, -0.25) is 4.90 Å². The maximum absolute atomic E-state index is 4.63. The number of nitrogens with one attached hydrogen (secondary N) is 1. The van der Waals surface area contributed by atoms with Crippen molar-refractivity contribution in [2.75, 3.05) is 13.1 Å². The number of thiazole rings is 1. The van der Waals surface area contributed by atoms with Crippen LogP contribution >= 0.6 is 23.7 Å². The molecule has 2 atom stereocenters. The van der Waals surface area contributed by atoms with E-state index in [2.05, 4.69) is 41.4 Å². The van der Waals surface area contributed by atoms with Gasteiger partial charge in [-0.15, -0.1) is 23.7 Å². The summed E-state index contributed by atoms with van der Waals surface area (Å²) in [5, 5.41) is 7.01. The summed E-state index contributed by atoms with van der Waals surface area (Å²) in [6, 6.07) is 1.18. The number of aryl methyl sites for hydroxylation is 1. The molecule has 2 heterocycles. The van der Waals surface area contributed by atoms with Gasteiger partial charge in [0.1, 0.15) is 0 Å². The first-order valence-corrected chi connectivity index (χ1v) is 6.97. The number of hydrogen-bond donors (Lipinski definition) is 1. The third-order valence-electron chi connectivity index (χ3n) is 2.92. The van der Waals surface area contributed by atoms with Gasteiger partial charge in [0.15, 0.2) is 0 Å². The monoisotopic (exact) mass is 275 g/mol. The van der Waals surface area contributed by atoms with Crippen LogP contribution in [0.25, 0.3) is 0 Å². The van der Waals surface area contributed by atoms with Crippen LogP contribution in [0.3, 0.4) is 0 Å². The van der Waals surface area contributed by atoms with Crippen molar-refractivity contribution in [2.24, 2.45) is 0 Å². The SMILES string of the molecule is CCc1nc(CN2CC(C)NC(C)C2)cs1.Cl. The van der Waals surface area contributed by atoms with Gasteiger partial charge in [0.2, 0.25) is 0 Å². The van der Waals surface area contributed by atoms with E-state index in [9.17, 15) is 0 Å². The van der Waals surface area contributed by atoms with E-state index in [4.69, 9.17) is 0 Å². The summed E-state index contributed by atoms with van der Waals surface area (Å²) in [4.78, 5) is 7.13. The largest absolute Gasteiger partial charge is 0.309 e. The molecule has 5 heteroatoms. The zero-order valence-electron chi connectivity index (χ0n) is 10.8. The van der Waals surface area contributed by atoms with Gasteiger partial charge in [0.25, 0.3) is 0 Å². The van der Waals surface area contributed by atoms with Crippen LogP contribution in [0.1, 0.15) is 31.5 Å². The van der Waals surface area contributed by atoms with Gasteiger partial charge in [0.05, 0.1) is 10.7 Å². The first kappa shape index (κ1) is 14.9. The van der Waals surface area contributed by atoms with Gasteiger partial charge >= 0.3 is 0 Å². The van der Waals surface area contributed by atoms with Crippen molar-refractivity contribution < 1.29 is 0 Å². The first-order chi connectivity index (χ1) is 7.67. The highest BCUT2D eigenvalue weighted by molar-refractivity contribution is 7.09. The lowest BCUT2D eigenvalue weighted by molar-refractivity contribution is 0.165. The summed E-state index contributed by atoms with van der Waals surface area (Å²) in [7, 11) is 0. The second kappa shape index (κ2) is 6.69. The Morgan fingerprint density at radius 2 is 2.06 bits per heavy atom. The van der Waals surface area contributed by atoms with Crippen molar-refractivity contribution in [1.82, 2.24) is 15.2 Å². The molecule has 17 heavy (non-hydrogen) atoms. The van der Waals surface area contributed by atoms with Crippen molar-refractivity contribution in [3.8, 4) is 0 Å². The molecule has 0 saturated carbocycles. The minimum atomic E-state index is 0. The Morgan fingerprint density at radius 3 is 2.59 bits per heavy atom. The Bertz CT molecular complexity index is 332. The summed E-state index contributed by atoms with van der Waals surface area (Å²) in [5.74, 6) is 0. The highest BCUT2D eigenvalue weighted by Crippen LogP contribution is 2.14. The molecule has 0 amide bonds. The molecule has 1 aliphatic heterocycles. The predicted octanol–water partition coefficient (Wildman–Crippen LogP) is 2.31. The van der Waals surface area contributed by atoms with E-state index in [1.165, 1.54) is 10.7 Å². The number of hydrogen-bond acceptors (Lipinski definition) is 4. The molecule has 1 fully saturated rings. The molecule has 0 aromatic carbocycles. The summed E-state index contributed by atoms with van der Waals surface area (Å²) >= 11 is 1.79. The topological polar surface area (TPSA) is 28.2 Å². The molecule has 0 spiro atoms. The van der Waals surface area contributed by atoms with Crippen LogP contribution in [-0.4, -0.2) is 35.1 Å². The highest BCUT2D eigenvalue weighted by Gasteiger charge is 2.21. The molecule has 2 unspecified atom stereocenters. The minimum absolute atomic E-state index is 0. The number of aromatic nitrogens is 1. The second-order valence-electron chi connectivity index (χ2n) is 4.75. The predicted molar refractivity (Wildman–Crippen MR) is 76.1 cm³/mol. The zero-order valence-corrected chi connectivity index (χ0v) is 12.4. The van der Waals surface area contributed by atoms with E-state index in [0.717, 1.165) is 26.1 Å². The van der Waals surface area contributed by atoms with Crippen molar-refractivity contribution in [3.63, 3.8) is 0 Å². The molecule has 0 bridgehead atoms. The van der Waals surface area contributed by atoms with Gasteiger partial charge in [0, 0.05) is 37.1 Å². The fourth-order valence-electron chi connectivity index (χ4n) is 2.38. The third-order valence-corrected chi connectivity index (χ3v) is 3.96. The third kappa shape index (κ3) is 4.21. The summed E-state index contributed by atoms with van der Waals surface area (Å²) in [5.41, 5.74) is 1.24. The maximum atomic E-state index is 4.63. The second-order valence-corrected chi connectivity index (χ2v) is 5.69. The molecule has 1 aromatic heterocycles. The van der Waals surface area contributed by atoms with E-state index < -0.39 is 0 Å².